The van der Waals surface area contributed by atoms with E-state index in [4.69, 9.17) is 0 Å². The molecule has 0 saturated carbocycles. The Labute approximate surface area is 161 Å². The molecule has 1 aromatic carbocycles. The standard InChI is InChI=1S/C18H21F3N4O.ClH/c1-22-12-13-6-9-24(10-7-13)17(26)14-3-2-4-15(11-14)25-16(5-8-23-25)18(19,20)21;/h2-5,8,11,13,22H,6-7,9-10,12H2,1H3;1H. The van der Waals surface area contributed by atoms with Gasteiger partial charge in [-0.3, -0.25) is 4.79 Å². The number of halogens is 4. The minimum Gasteiger partial charge on any atom is -0.339 e. The molecule has 5 nitrogen and oxygen atoms in total. The Hall–Kier alpha value is -2.06. The van der Waals surface area contributed by atoms with Crippen molar-refractivity contribution in [1.29, 1.82) is 0 Å². The molecule has 27 heavy (non-hydrogen) atoms. The molecule has 1 N–H and O–H groups in total. The van der Waals surface area contributed by atoms with Crippen LogP contribution in [0.15, 0.2) is 36.5 Å². The normalized spacial score (nSPS) is 15.5. The van der Waals surface area contributed by atoms with Gasteiger partial charge in [0, 0.05) is 18.7 Å². The quantitative estimate of drug-likeness (QED) is 0.853. The molecule has 0 atom stereocenters. The Balaban J connectivity index is 0.00000261. The largest absolute Gasteiger partial charge is 0.433 e. The average molecular weight is 403 g/mol. The van der Waals surface area contributed by atoms with Crippen LogP contribution in [0.5, 0.6) is 0 Å². The van der Waals surface area contributed by atoms with E-state index in [9.17, 15) is 18.0 Å². The summed E-state index contributed by atoms with van der Waals surface area (Å²) in [6, 6.07) is 7.10. The van der Waals surface area contributed by atoms with Crippen molar-refractivity contribution in [3.63, 3.8) is 0 Å². The Morgan fingerprint density at radius 1 is 1.26 bits per heavy atom. The first-order chi connectivity index (χ1) is 12.4. The number of carbonyl (C=O) groups excluding carboxylic acids is 1. The highest BCUT2D eigenvalue weighted by atomic mass is 35.5. The summed E-state index contributed by atoms with van der Waals surface area (Å²) in [5.74, 6) is 0.393. The minimum atomic E-state index is -4.51. The Morgan fingerprint density at radius 3 is 2.59 bits per heavy atom. The number of nitrogens with one attached hydrogen (secondary N) is 1. The lowest BCUT2D eigenvalue weighted by atomic mass is 9.96. The molecule has 1 aliphatic rings. The van der Waals surface area contributed by atoms with Crippen molar-refractivity contribution in [1.82, 2.24) is 20.0 Å². The summed E-state index contributed by atoms with van der Waals surface area (Å²) in [6.45, 7) is 2.24. The van der Waals surface area contributed by atoms with Gasteiger partial charge in [0.2, 0.25) is 0 Å². The molecule has 1 fully saturated rings. The molecular weight excluding hydrogens is 381 g/mol. The summed E-state index contributed by atoms with van der Waals surface area (Å²) < 4.78 is 40.0. The van der Waals surface area contributed by atoms with Gasteiger partial charge < -0.3 is 10.2 Å². The third-order valence-corrected chi connectivity index (χ3v) is 4.67. The number of hydrogen-bond acceptors (Lipinski definition) is 3. The molecule has 0 radical (unpaired) electrons. The predicted octanol–water partition coefficient (Wildman–Crippen LogP) is 3.38. The van der Waals surface area contributed by atoms with Gasteiger partial charge in [0.1, 0.15) is 5.69 Å². The molecule has 1 aromatic heterocycles. The molecule has 1 amide bonds. The molecule has 3 rings (SSSR count). The van der Waals surface area contributed by atoms with Gasteiger partial charge in [0.15, 0.2) is 0 Å². The summed E-state index contributed by atoms with van der Waals surface area (Å²) in [5.41, 5.74) is -0.272. The first-order valence-electron chi connectivity index (χ1n) is 8.55. The molecule has 2 aromatic rings. The van der Waals surface area contributed by atoms with E-state index in [-0.39, 0.29) is 24.0 Å². The minimum absolute atomic E-state index is 0. The van der Waals surface area contributed by atoms with Crippen molar-refractivity contribution < 1.29 is 18.0 Å². The van der Waals surface area contributed by atoms with E-state index in [1.807, 2.05) is 7.05 Å². The van der Waals surface area contributed by atoms with E-state index in [2.05, 4.69) is 10.4 Å². The maximum atomic E-state index is 13.1. The highest BCUT2D eigenvalue weighted by Crippen LogP contribution is 2.30. The van der Waals surface area contributed by atoms with Crippen molar-refractivity contribution >= 4 is 18.3 Å². The fourth-order valence-electron chi connectivity index (χ4n) is 3.31. The maximum Gasteiger partial charge on any atom is 0.433 e. The van der Waals surface area contributed by atoms with Gasteiger partial charge in [-0.15, -0.1) is 12.4 Å². The van der Waals surface area contributed by atoms with E-state index in [0.717, 1.165) is 36.3 Å². The second kappa shape index (κ2) is 8.75. The lowest BCUT2D eigenvalue weighted by Gasteiger charge is -2.32. The van der Waals surface area contributed by atoms with Gasteiger partial charge in [0.05, 0.1) is 11.9 Å². The van der Waals surface area contributed by atoms with Crippen LogP contribution in [0.25, 0.3) is 5.69 Å². The van der Waals surface area contributed by atoms with E-state index in [1.165, 1.54) is 12.1 Å². The van der Waals surface area contributed by atoms with Crippen LogP contribution in [0.4, 0.5) is 13.2 Å². The van der Waals surface area contributed by atoms with Crippen LogP contribution in [-0.2, 0) is 6.18 Å². The van der Waals surface area contributed by atoms with Crippen LogP contribution in [0.2, 0.25) is 0 Å². The number of nitrogens with zero attached hydrogens (tertiary/aromatic N) is 3. The van der Waals surface area contributed by atoms with Crippen molar-refractivity contribution in [3.8, 4) is 5.69 Å². The topological polar surface area (TPSA) is 50.2 Å². The molecular formula is C18H22ClF3N4O. The number of likely N-dealkylation sites (tertiary alicyclic amines) is 1. The van der Waals surface area contributed by atoms with Gasteiger partial charge in [0.25, 0.3) is 5.91 Å². The molecule has 9 heteroatoms. The monoisotopic (exact) mass is 402 g/mol. The average Bonchev–Trinajstić information content (AvgIpc) is 3.12. The zero-order valence-corrected chi connectivity index (χ0v) is 15.7. The maximum absolute atomic E-state index is 13.1. The van der Waals surface area contributed by atoms with Crippen LogP contribution in [0, 0.1) is 5.92 Å². The summed E-state index contributed by atoms with van der Waals surface area (Å²) in [4.78, 5) is 14.5. The highest BCUT2D eigenvalue weighted by Gasteiger charge is 2.35. The molecule has 148 valence electrons. The van der Waals surface area contributed by atoms with Gasteiger partial charge >= 0.3 is 6.18 Å². The van der Waals surface area contributed by atoms with Gasteiger partial charge in [-0.1, -0.05) is 6.07 Å². The smallest absolute Gasteiger partial charge is 0.339 e. The van der Waals surface area contributed by atoms with Crippen molar-refractivity contribution in [2.45, 2.75) is 19.0 Å². The number of piperidine rings is 1. The number of aromatic nitrogens is 2. The van der Waals surface area contributed by atoms with Crippen molar-refractivity contribution in [2.24, 2.45) is 5.92 Å². The third-order valence-electron chi connectivity index (χ3n) is 4.67. The summed E-state index contributed by atoms with van der Waals surface area (Å²) >= 11 is 0. The highest BCUT2D eigenvalue weighted by molar-refractivity contribution is 5.94. The predicted molar refractivity (Wildman–Crippen MR) is 98.4 cm³/mol. The molecule has 2 heterocycles. The lowest BCUT2D eigenvalue weighted by Crippen LogP contribution is -2.40. The number of carbonyl (C=O) groups is 1. The van der Waals surface area contributed by atoms with Gasteiger partial charge in [-0.25, -0.2) is 4.68 Å². The second-order valence-electron chi connectivity index (χ2n) is 6.47. The first-order valence-corrected chi connectivity index (χ1v) is 8.55. The number of alkyl halides is 3. The van der Waals surface area contributed by atoms with E-state index in [0.29, 0.717) is 24.6 Å². The molecule has 0 unspecified atom stereocenters. The number of benzene rings is 1. The summed E-state index contributed by atoms with van der Waals surface area (Å²) in [6.07, 6.45) is -1.57. The lowest BCUT2D eigenvalue weighted by molar-refractivity contribution is -0.142. The summed E-state index contributed by atoms with van der Waals surface area (Å²) in [7, 11) is 1.91. The van der Waals surface area contributed by atoms with Crippen LogP contribution in [-0.4, -0.2) is 47.3 Å². The van der Waals surface area contributed by atoms with Crippen molar-refractivity contribution in [2.75, 3.05) is 26.7 Å². The van der Waals surface area contributed by atoms with E-state index >= 15 is 0 Å². The SMILES string of the molecule is CNCC1CCN(C(=O)c2cccc(-n3nccc3C(F)(F)F)c2)CC1.Cl. The Kier molecular flexibility index (Phi) is 6.89. The van der Waals surface area contributed by atoms with Gasteiger partial charge in [-0.05, 0) is 56.6 Å². The Bertz CT molecular complexity index is 770. The zero-order chi connectivity index (χ0) is 18.7. The van der Waals surface area contributed by atoms with E-state index in [1.54, 1.807) is 17.0 Å². The number of amides is 1. The van der Waals surface area contributed by atoms with Crippen LogP contribution in [0.1, 0.15) is 28.9 Å². The second-order valence-corrected chi connectivity index (χ2v) is 6.47. The number of hydrogen-bond donors (Lipinski definition) is 1. The van der Waals surface area contributed by atoms with Crippen LogP contribution >= 0.6 is 12.4 Å². The van der Waals surface area contributed by atoms with Crippen LogP contribution in [0.3, 0.4) is 0 Å². The molecule has 0 spiro atoms. The fourth-order valence-corrected chi connectivity index (χ4v) is 3.31. The molecule has 1 saturated heterocycles. The summed E-state index contributed by atoms with van der Waals surface area (Å²) in [5, 5.41) is 6.91. The number of rotatable bonds is 4. The van der Waals surface area contributed by atoms with Crippen molar-refractivity contribution in [3.05, 3.63) is 47.8 Å². The first kappa shape index (κ1) is 21.2. The molecule has 0 aliphatic carbocycles. The van der Waals surface area contributed by atoms with E-state index < -0.39 is 11.9 Å². The van der Waals surface area contributed by atoms with Gasteiger partial charge in [-0.2, -0.15) is 18.3 Å². The molecule has 0 bridgehead atoms. The fraction of sp³-hybridized carbons (Fsp3) is 0.444. The Morgan fingerprint density at radius 2 is 1.96 bits per heavy atom. The third kappa shape index (κ3) is 4.81. The zero-order valence-electron chi connectivity index (χ0n) is 14.9. The molecule has 1 aliphatic heterocycles. The van der Waals surface area contributed by atoms with Crippen LogP contribution < -0.4 is 5.32 Å².